The average molecular weight is 183 g/mol. The minimum Gasteiger partial charge on any atom is -0.355 e. The molecule has 6 heteroatoms. The number of hydrogen-bond acceptors (Lipinski definition) is 4. The Morgan fingerprint density at radius 2 is 2.54 bits per heavy atom. The van der Waals surface area contributed by atoms with Crippen LogP contribution in [-0.4, -0.2) is 34.2 Å². The number of amides is 1. The second-order valence-corrected chi connectivity index (χ2v) is 2.59. The topological polar surface area (TPSA) is 96.7 Å². The maximum absolute atomic E-state index is 10.7. The van der Waals surface area contributed by atoms with E-state index in [4.69, 9.17) is 5.73 Å². The summed E-state index contributed by atoms with van der Waals surface area (Å²) in [5, 5.41) is 9.12. The number of aryl methyl sites for hydroxylation is 1. The number of carbonyl (C=O) groups is 1. The third-order valence-electron chi connectivity index (χ3n) is 1.56. The van der Waals surface area contributed by atoms with Gasteiger partial charge >= 0.3 is 0 Å². The van der Waals surface area contributed by atoms with Crippen LogP contribution in [0.2, 0.25) is 0 Å². The summed E-state index contributed by atoms with van der Waals surface area (Å²) in [5.74, 6) is 0.708. The van der Waals surface area contributed by atoms with Gasteiger partial charge in [-0.3, -0.25) is 9.89 Å². The maximum Gasteiger partial charge on any atom is 0.233 e. The molecule has 6 nitrogen and oxygen atoms in total. The molecule has 1 heterocycles. The van der Waals surface area contributed by atoms with Gasteiger partial charge in [-0.25, -0.2) is 4.98 Å². The summed E-state index contributed by atoms with van der Waals surface area (Å²) in [6.07, 6.45) is 3.08. The molecule has 0 radical (unpaired) electrons. The highest BCUT2D eigenvalue weighted by Gasteiger charge is 1.97. The molecule has 0 aliphatic rings. The smallest absolute Gasteiger partial charge is 0.233 e. The molecular formula is C7H13N5O. The maximum atomic E-state index is 10.7. The fourth-order valence-corrected chi connectivity index (χ4v) is 0.907. The number of hydrogen-bond donors (Lipinski definition) is 3. The lowest BCUT2D eigenvalue weighted by Crippen LogP contribution is -2.31. The first-order valence-corrected chi connectivity index (χ1v) is 4.14. The van der Waals surface area contributed by atoms with Gasteiger partial charge in [-0.15, -0.1) is 0 Å². The Morgan fingerprint density at radius 3 is 3.15 bits per heavy atom. The Hall–Kier alpha value is -1.43. The van der Waals surface area contributed by atoms with Gasteiger partial charge < -0.3 is 11.1 Å². The van der Waals surface area contributed by atoms with E-state index in [-0.39, 0.29) is 12.5 Å². The molecule has 4 N–H and O–H groups in total. The molecule has 13 heavy (non-hydrogen) atoms. The van der Waals surface area contributed by atoms with Crippen molar-refractivity contribution in [3.63, 3.8) is 0 Å². The summed E-state index contributed by atoms with van der Waals surface area (Å²) >= 11 is 0. The molecule has 0 spiro atoms. The minimum absolute atomic E-state index is 0.0440. The number of rotatable bonds is 5. The van der Waals surface area contributed by atoms with Crippen LogP contribution in [0.15, 0.2) is 6.33 Å². The van der Waals surface area contributed by atoms with E-state index in [1.165, 1.54) is 6.33 Å². The van der Waals surface area contributed by atoms with Gasteiger partial charge in [0.1, 0.15) is 12.2 Å². The Morgan fingerprint density at radius 1 is 1.69 bits per heavy atom. The largest absolute Gasteiger partial charge is 0.355 e. The van der Waals surface area contributed by atoms with Crippen molar-refractivity contribution >= 4 is 5.91 Å². The first kappa shape index (κ1) is 9.66. The van der Waals surface area contributed by atoms with Crippen LogP contribution in [-0.2, 0) is 11.2 Å². The Labute approximate surface area is 75.9 Å². The van der Waals surface area contributed by atoms with Gasteiger partial charge in [0.15, 0.2) is 0 Å². The summed E-state index contributed by atoms with van der Waals surface area (Å²) in [6, 6.07) is 0. The van der Waals surface area contributed by atoms with Crippen molar-refractivity contribution in [1.29, 1.82) is 0 Å². The lowest BCUT2D eigenvalue weighted by atomic mass is 10.3. The Balaban J connectivity index is 2.05. The van der Waals surface area contributed by atoms with Crippen LogP contribution >= 0.6 is 0 Å². The summed E-state index contributed by atoms with van der Waals surface area (Å²) < 4.78 is 0. The molecule has 1 aromatic heterocycles. The van der Waals surface area contributed by atoms with Crippen LogP contribution < -0.4 is 11.1 Å². The van der Waals surface area contributed by atoms with Crippen molar-refractivity contribution in [2.75, 3.05) is 13.1 Å². The highest BCUT2D eigenvalue weighted by Crippen LogP contribution is 1.90. The zero-order valence-electron chi connectivity index (χ0n) is 7.29. The molecule has 1 rings (SSSR count). The van der Waals surface area contributed by atoms with Crippen molar-refractivity contribution in [3.8, 4) is 0 Å². The fraction of sp³-hybridized carbons (Fsp3) is 0.571. The van der Waals surface area contributed by atoms with Gasteiger partial charge in [0.25, 0.3) is 0 Å². The van der Waals surface area contributed by atoms with Gasteiger partial charge in [-0.05, 0) is 6.42 Å². The standard InChI is InChI=1S/C7H13N5O/c8-4-7(13)9-3-1-2-6-10-5-11-12-6/h5H,1-4,8H2,(H,9,13)(H,10,11,12). The number of nitrogens with one attached hydrogen (secondary N) is 2. The number of nitrogens with zero attached hydrogens (tertiary/aromatic N) is 2. The highest BCUT2D eigenvalue weighted by molar-refractivity contribution is 5.77. The molecule has 1 aromatic rings. The van der Waals surface area contributed by atoms with E-state index in [0.29, 0.717) is 6.54 Å². The van der Waals surface area contributed by atoms with Gasteiger partial charge in [0.2, 0.25) is 5.91 Å². The van der Waals surface area contributed by atoms with E-state index < -0.39 is 0 Å². The quantitative estimate of drug-likeness (QED) is 0.500. The predicted molar refractivity (Wildman–Crippen MR) is 46.8 cm³/mol. The second-order valence-electron chi connectivity index (χ2n) is 2.59. The average Bonchev–Trinajstić information content (AvgIpc) is 2.64. The number of carbonyl (C=O) groups excluding carboxylic acids is 1. The highest BCUT2D eigenvalue weighted by atomic mass is 16.1. The first-order valence-electron chi connectivity index (χ1n) is 4.14. The molecule has 0 unspecified atom stereocenters. The van der Waals surface area contributed by atoms with E-state index >= 15 is 0 Å². The van der Waals surface area contributed by atoms with Crippen molar-refractivity contribution in [3.05, 3.63) is 12.2 Å². The van der Waals surface area contributed by atoms with Crippen LogP contribution in [0.4, 0.5) is 0 Å². The summed E-state index contributed by atoms with van der Waals surface area (Å²) in [4.78, 5) is 14.7. The van der Waals surface area contributed by atoms with E-state index in [9.17, 15) is 4.79 Å². The minimum atomic E-state index is -0.127. The fourth-order valence-electron chi connectivity index (χ4n) is 0.907. The van der Waals surface area contributed by atoms with Crippen LogP contribution in [0.25, 0.3) is 0 Å². The van der Waals surface area contributed by atoms with Gasteiger partial charge in [-0.1, -0.05) is 0 Å². The normalized spacial score (nSPS) is 9.92. The van der Waals surface area contributed by atoms with Gasteiger partial charge in [0.05, 0.1) is 6.54 Å². The molecule has 0 saturated heterocycles. The number of nitrogens with two attached hydrogens (primary N) is 1. The molecule has 0 saturated carbocycles. The molecule has 72 valence electrons. The van der Waals surface area contributed by atoms with E-state index in [0.717, 1.165) is 18.7 Å². The molecule has 0 bridgehead atoms. The van der Waals surface area contributed by atoms with Crippen molar-refractivity contribution < 1.29 is 4.79 Å². The molecule has 0 aromatic carbocycles. The first-order chi connectivity index (χ1) is 6.33. The summed E-state index contributed by atoms with van der Waals surface area (Å²) in [5.41, 5.74) is 5.11. The SMILES string of the molecule is NCC(=O)NCCCc1ncn[nH]1. The Kier molecular flexibility index (Phi) is 3.90. The van der Waals surface area contributed by atoms with Crippen molar-refractivity contribution in [2.24, 2.45) is 5.73 Å². The molecular weight excluding hydrogens is 170 g/mol. The van der Waals surface area contributed by atoms with Gasteiger partial charge in [0, 0.05) is 13.0 Å². The van der Waals surface area contributed by atoms with Crippen LogP contribution in [0, 0.1) is 0 Å². The van der Waals surface area contributed by atoms with E-state index in [1.807, 2.05) is 0 Å². The van der Waals surface area contributed by atoms with Gasteiger partial charge in [-0.2, -0.15) is 5.10 Å². The van der Waals surface area contributed by atoms with Crippen LogP contribution in [0.1, 0.15) is 12.2 Å². The zero-order valence-corrected chi connectivity index (χ0v) is 7.29. The number of aromatic nitrogens is 3. The molecule has 0 fully saturated rings. The summed E-state index contributed by atoms with van der Waals surface area (Å²) in [7, 11) is 0. The van der Waals surface area contributed by atoms with E-state index in [2.05, 4.69) is 20.5 Å². The monoisotopic (exact) mass is 183 g/mol. The van der Waals surface area contributed by atoms with E-state index in [1.54, 1.807) is 0 Å². The molecule has 0 atom stereocenters. The molecule has 1 amide bonds. The van der Waals surface area contributed by atoms with Crippen LogP contribution in [0.3, 0.4) is 0 Å². The predicted octanol–water partition coefficient (Wildman–Crippen LogP) is -1.19. The van der Waals surface area contributed by atoms with Crippen molar-refractivity contribution in [1.82, 2.24) is 20.5 Å². The molecule has 0 aliphatic carbocycles. The summed E-state index contributed by atoms with van der Waals surface area (Å²) in [6.45, 7) is 0.666. The lowest BCUT2D eigenvalue weighted by Gasteiger charge is -2.00. The Bertz CT molecular complexity index is 245. The third-order valence-corrected chi connectivity index (χ3v) is 1.56. The number of aromatic amines is 1. The van der Waals surface area contributed by atoms with Crippen molar-refractivity contribution in [2.45, 2.75) is 12.8 Å². The number of H-pyrrole nitrogens is 1. The third kappa shape index (κ3) is 3.66. The lowest BCUT2D eigenvalue weighted by molar-refractivity contribution is -0.119. The zero-order chi connectivity index (χ0) is 9.52. The second kappa shape index (κ2) is 5.26. The molecule has 0 aliphatic heterocycles. The van der Waals surface area contributed by atoms with Crippen LogP contribution in [0.5, 0.6) is 0 Å².